The van der Waals surface area contributed by atoms with Crippen LogP contribution in [0.25, 0.3) is 0 Å². The highest BCUT2D eigenvalue weighted by Gasteiger charge is 2.41. The Balaban J connectivity index is 1.43. The summed E-state index contributed by atoms with van der Waals surface area (Å²) in [7, 11) is -1.86. The number of rotatable bonds is 5. The molecule has 5 aliphatic rings. The summed E-state index contributed by atoms with van der Waals surface area (Å²) in [4.78, 5) is 0. The Morgan fingerprint density at radius 3 is 2.47 bits per heavy atom. The molecule has 0 aliphatic heterocycles. The molecule has 0 spiro atoms. The molecule has 0 N–H and O–H groups in total. The molecule has 1 saturated carbocycles. The van der Waals surface area contributed by atoms with E-state index in [2.05, 4.69) is 106 Å². The molecule has 1 heteroatoms. The fourth-order valence-corrected chi connectivity index (χ4v) is 10.2. The van der Waals surface area contributed by atoms with Crippen molar-refractivity contribution < 1.29 is 0 Å². The summed E-state index contributed by atoms with van der Waals surface area (Å²) in [5.41, 5.74) is 11.0. The van der Waals surface area contributed by atoms with Crippen molar-refractivity contribution in [3.63, 3.8) is 0 Å². The van der Waals surface area contributed by atoms with Crippen LogP contribution in [0.3, 0.4) is 0 Å². The summed E-state index contributed by atoms with van der Waals surface area (Å²) in [6.07, 6.45) is 24.7. The van der Waals surface area contributed by atoms with Crippen LogP contribution in [0.1, 0.15) is 51.0 Å². The third-order valence-electron chi connectivity index (χ3n) is 8.83. The van der Waals surface area contributed by atoms with Gasteiger partial charge in [0.15, 0.2) is 0 Å². The molecule has 34 heavy (non-hydrogen) atoms. The van der Waals surface area contributed by atoms with E-state index in [1.807, 2.05) is 0 Å². The van der Waals surface area contributed by atoms with E-state index < -0.39 is 8.07 Å². The van der Waals surface area contributed by atoms with Gasteiger partial charge in [-0.1, -0.05) is 120 Å². The first-order chi connectivity index (χ1) is 16.4. The molecule has 5 aliphatic carbocycles. The molecule has 3 unspecified atom stereocenters. The number of hydrogen-bond donors (Lipinski definition) is 0. The average Bonchev–Trinajstić information content (AvgIpc) is 3.55. The first-order valence-corrected chi connectivity index (χ1v) is 16.1. The van der Waals surface area contributed by atoms with Crippen molar-refractivity contribution >= 4 is 8.07 Å². The zero-order valence-corrected chi connectivity index (χ0v) is 22.1. The number of benzene rings is 1. The van der Waals surface area contributed by atoms with E-state index in [-0.39, 0.29) is 0 Å². The van der Waals surface area contributed by atoms with Gasteiger partial charge in [-0.2, -0.15) is 0 Å². The predicted octanol–water partition coefficient (Wildman–Crippen LogP) is 8.87. The Morgan fingerprint density at radius 1 is 0.882 bits per heavy atom. The molecule has 1 aromatic carbocycles. The quantitative estimate of drug-likeness (QED) is 0.385. The topological polar surface area (TPSA) is 0 Å². The second-order valence-electron chi connectivity index (χ2n) is 11.4. The maximum Gasteiger partial charge on any atom is 0.113 e. The summed E-state index contributed by atoms with van der Waals surface area (Å²) in [6, 6.07) is 11.1. The Morgan fingerprint density at radius 2 is 1.65 bits per heavy atom. The highest BCUT2D eigenvalue weighted by molar-refractivity contribution is 6.92. The molecule has 172 valence electrons. The van der Waals surface area contributed by atoms with Gasteiger partial charge in [-0.05, 0) is 66.4 Å². The molecule has 1 aromatic rings. The van der Waals surface area contributed by atoms with Gasteiger partial charge in [0.2, 0.25) is 0 Å². The Hall–Kier alpha value is -2.64. The minimum absolute atomic E-state index is 0.486. The standard InChI is InChI=1S/C33H36Si/c1-22(24-11-6-5-7-12-24)17-27-21-33(31-20-26-14-10-13-25(26)19-30(27)31)34(3,4)32-18-23(2)28-15-8-9-16-29(28)32/h5-9,11-12,15-16,18-22,28,30H,10,13-14,17H2,1-4H3. The van der Waals surface area contributed by atoms with Gasteiger partial charge in [-0.25, -0.2) is 0 Å². The van der Waals surface area contributed by atoms with Crippen molar-refractivity contribution in [1.29, 1.82) is 0 Å². The summed E-state index contributed by atoms with van der Waals surface area (Å²) in [5.74, 6) is 1.51. The molecule has 6 rings (SSSR count). The second kappa shape index (κ2) is 8.24. The maximum atomic E-state index is 2.66. The van der Waals surface area contributed by atoms with Gasteiger partial charge in [0.05, 0.1) is 0 Å². The van der Waals surface area contributed by atoms with Crippen LogP contribution < -0.4 is 0 Å². The SMILES string of the molecule is CC1=CC([Si](C)(C)C2=C3C=C4CCCC4=CC3C(CC(C)c3ccccc3)=C2)=C2C=CC=CC12. The van der Waals surface area contributed by atoms with Crippen LogP contribution in [0.15, 0.2) is 123 Å². The summed E-state index contributed by atoms with van der Waals surface area (Å²) in [5, 5.41) is 3.32. The molecule has 0 bridgehead atoms. The Kier molecular flexibility index (Phi) is 5.30. The zero-order chi connectivity index (χ0) is 23.4. The van der Waals surface area contributed by atoms with Crippen molar-refractivity contribution in [2.75, 3.05) is 0 Å². The molecule has 0 nitrogen and oxygen atoms in total. The number of hydrogen-bond acceptors (Lipinski definition) is 0. The van der Waals surface area contributed by atoms with Gasteiger partial charge in [-0.15, -0.1) is 0 Å². The Bertz CT molecular complexity index is 1280. The minimum atomic E-state index is -1.86. The van der Waals surface area contributed by atoms with Gasteiger partial charge in [-0.3, -0.25) is 0 Å². The normalized spacial score (nSPS) is 26.1. The second-order valence-corrected chi connectivity index (χ2v) is 15.7. The molecule has 1 fully saturated rings. The first kappa shape index (κ1) is 21.9. The molecular weight excluding hydrogens is 424 g/mol. The monoisotopic (exact) mass is 460 g/mol. The minimum Gasteiger partial charge on any atom is -0.0730 e. The molecule has 0 heterocycles. The van der Waals surface area contributed by atoms with Crippen LogP contribution in [0.5, 0.6) is 0 Å². The molecule has 3 atom stereocenters. The maximum absolute atomic E-state index is 2.66. The fourth-order valence-electron chi connectivity index (χ4n) is 6.89. The summed E-state index contributed by atoms with van der Waals surface area (Å²) in [6.45, 7) is 9.92. The van der Waals surface area contributed by atoms with Crippen LogP contribution in [-0.2, 0) is 0 Å². The van der Waals surface area contributed by atoms with E-state index in [9.17, 15) is 0 Å². The average molecular weight is 461 g/mol. The van der Waals surface area contributed by atoms with Crippen molar-refractivity contribution in [3.05, 3.63) is 128 Å². The summed E-state index contributed by atoms with van der Waals surface area (Å²) < 4.78 is 0. The lowest BCUT2D eigenvalue weighted by Crippen LogP contribution is -2.32. The van der Waals surface area contributed by atoms with Crippen molar-refractivity contribution in [2.24, 2.45) is 11.8 Å². The predicted molar refractivity (Wildman–Crippen MR) is 148 cm³/mol. The van der Waals surface area contributed by atoms with Crippen molar-refractivity contribution in [3.8, 4) is 0 Å². The van der Waals surface area contributed by atoms with E-state index in [1.165, 1.54) is 30.4 Å². The van der Waals surface area contributed by atoms with Gasteiger partial charge in [0.1, 0.15) is 8.07 Å². The molecule has 0 radical (unpaired) electrons. The van der Waals surface area contributed by atoms with Crippen molar-refractivity contribution in [1.82, 2.24) is 0 Å². The van der Waals surface area contributed by atoms with Crippen LogP contribution in [0, 0.1) is 11.8 Å². The number of fused-ring (bicyclic) bond motifs is 3. The van der Waals surface area contributed by atoms with Crippen molar-refractivity contribution in [2.45, 2.75) is 58.5 Å². The van der Waals surface area contributed by atoms with E-state index in [4.69, 9.17) is 0 Å². The lowest BCUT2D eigenvalue weighted by atomic mass is 9.82. The van der Waals surface area contributed by atoms with E-state index in [1.54, 1.807) is 38.3 Å². The van der Waals surface area contributed by atoms with Gasteiger partial charge < -0.3 is 0 Å². The lowest BCUT2D eigenvalue weighted by Gasteiger charge is -2.29. The van der Waals surface area contributed by atoms with Gasteiger partial charge in [0, 0.05) is 11.8 Å². The lowest BCUT2D eigenvalue weighted by molar-refractivity contribution is 0.704. The Labute approximate surface area is 206 Å². The number of allylic oxidation sites excluding steroid dienone is 16. The van der Waals surface area contributed by atoms with Gasteiger partial charge >= 0.3 is 0 Å². The highest BCUT2D eigenvalue weighted by Crippen LogP contribution is 2.51. The summed E-state index contributed by atoms with van der Waals surface area (Å²) >= 11 is 0. The van der Waals surface area contributed by atoms with Crippen LogP contribution in [-0.4, -0.2) is 8.07 Å². The molecule has 0 amide bonds. The first-order valence-electron chi connectivity index (χ1n) is 13.1. The molecule has 0 saturated heterocycles. The van der Waals surface area contributed by atoms with E-state index >= 15 is 0 Å². The third-order valence-corrected chi connectivity index (χ3v) is 12.4. The van der Waals surface area contributed by atoms with E-state index in [0.717, 1.165) is 6.42 Å². The van der Waals surface area contributed by atoms with Crippen LogP contribution in [0.4, 0.5) is 0 Å². The largest absolute Gasteiger partial charge is 0.113 e. The smallest absolute Gasteiger partial charge is 0.0730 e. The highest BCUT2D eigenvalue weighted by atomic mass is 28.3. The van der Waals surface area contributed by atoms with Gasteiger partial charge in [0.25, 0.3) is 0 Å². The zero-order valence-electron chi connectivity index (χ0n) is 21.1. The van der Waals surface area contributed by atoms with Crippen LogP contribution >= 0.6 is 0 Å². The third kappa shape index (κ3) is 3.48. The molecule has 0 aromatic heterocycles. The van der Waals surface area contributed by atoms with E-state index in [0.29, 0.717) is 17.8 Å². The van der Waals surface area contributed by atoms with Crippen LogP contribution in [0.2, 0.25) is 13.1 Å². The fraction of sp³-hybridized carbons (Fsp3) is 0.333. The molecular formula is C33H36Si.